The van der Waals surface area contributed by atoms with E-state index in [4.69, 9.17) is 34.8 Å². The third-order valence-electron chi connectivity index (χ3n) is 1.72. The SMILES string of the molecule is O=C(N/N=C/C(Cl)(Cl)Cl)c1ccc([N+](=O)[O-])cc1. The van der Waals surface area contributed by atoms with Crippen LogP contribution in [-0.2, 0) is 0 Å². The van der Waals surface area contributed by atoms with Crippen LogP contribution in [0.25, 0.3) is 0 Å². The molecule has 96 valence electrons. The smallest absolute Gasteiger partial charge is 0.267 e. The first-order valence-electron chi connectivity index (χ1n) is 4.45. The Morgan fingerprint density at radius 2 is 1.89 bits per heavy atom. The molecule has 0 atom stereocenters. The molecular formula is C9H6Cl3N3O3. The average Bonchev–Trinajstić information content (AvgIpc) is 2.27. The zero-order valence-corrected chi connectivity index (χ0v) is 10.9. The van der Waals surface area contributed by atoms with Crippen molar-refractivity contribution in [2.24, 2.45) is 5.10 Å². The van der Waals surface area contributed by atoms with Crippen LogP contribution in [-0.4, -0.2) is 20.8 Å². The second kappa shape index (κ2) is 5.99. The normalized spacial score (nSPS) is 11.5. The van der Waals surface area contributed by atoms with Crippen molar-refractivity contribution in [3.05, 3.63) is 39.9 Å². The molecule has 1 aromatic rings. The van der Waals surface area contributed by atoms with E-state index in [0.29, 0.717) is 0 Å². The van der Waals surface area contributed by atoms with Crippen LogP contribution in [0.3, 0.4) is 0 Å². The molecule has 1 aromatic carbocycles. The van der Waals surface area contributed by atoms with E-state index in [1.165, 1.54) is 24.3 Å². The van der Waals surface area contributed by atoms with Crippen LogP contribution in [0.4, 0.5) is 5.69 Å². The van der Waals surface area contributed by atoms with Crippen molar-refractivity contribution in [3.63, 3.8) is 0 Å². The van der Waals surface area contributed by atoms with Gasteiger partial charge in [-0.15, -0.1) is 0 Å². The molecule has 9 heteroatoms. The number of rotatable bonds is 3. The number of hydrogen-bond acceptors (Lipinski definition) is 4. The van der Waals surface area contributed by atoms with Crippen LogP contribution in [0.2, 0.25) is 0 Å². The van der Waals surface area contributed by atoms with Crippen molar-refractivity contribution >= 4 is 52.6 Å². The summed E-state index contributed by atoms with van der Waals surface area (Å²) in [6.07, 6.45) is 0.918. The monoisotopic (exact) mass is 309 g/mol. The molecule has 18 heavy (non-hydrogen) atoms. The van der Waals surface area contributed by atoms with Gasteiger partial charge in [-0.25, -0.2) is 5.43 Å². The van der Waals surface area contributed by atoms with Gasteiger partial charge in [-0.1, -0.05) is 34.8 Å². The molecule has 0 aliphatic carbocycles. The zero-order chi connectivity index (χ0) is 13.8. The molecule has 1 N–H and O–H groups in total. The van der Waals surface area contributed by atoms with Gasteiger partial charge in [0.1, 0.15) is 0 Å². The molecule has 0 fully saturated rings. The molecule has 0 aliphatic heterocycles. The van der Waals surface area contributed by atoms with Gasteiger partial charge in [-0.05, 0) is 12.1 Å². The first-order chi connectivity index (χ1) is 8.29. The summed E-state index contributed by atoms with van der Waals surface area (Å²) >= 11 is 16.1. The second-order valence-corrected chi connectivity index (χ2v) is 5.41. The van der Waals surface area contributed by atoms with E-state index in [-0.39, 0.29) is 11.3 Å². The van der Waals surface area contributed by atoms with E-state index in [9.17, 15) is 14.9 Å². The highest BCUT2D eigenvalue weighted by atomic mass is 35.6. The lowest BCUT2D eigenvalue weighted by atomic mass is 10.2. The number of amides is 1. The second-order valence-electron chi connectivity index (χ2n) is 3.04. The van der Waals surface area contributed by atoms with Crippen molar-refractivity contribution in [1.82, 2.24) is 5.43 Å². The molecule has 0 spiro atoms. The average molecular weight is 311 g/mol. The topological polar surface area (TPSA) is 84.6 Å². The number of alkyl halides is 3. The van der Waals surface area contributed by atoms with Crippen molar-refractivity contribution < 1.29 is 9.72 Å². The van der Waals surface area contributed by atoms with Crippen molar-refractivity contribution in [3.8, 4) is 0 Å². The third-order valence-corrected chi connectivity index (χ3v) is 2.01. The van der Waals surface area contributed by atoms with Gasteiger partial charge in [-0.2, -0.15) is 5.10 Å². The van der Waals surface area contributed by atoms with Gasteiger partial charge in [0.15, 0.2) is 0 Å². The van der Waals surface area contributed by atoms with Crippen molar-refractivity contribution in [1.29, 1.82) is 0 Å². The van der Waals surface area contributed by atoms with Gasteiger partial charge >= 0.3 is 0 Å². The number of carbonyl (C=O) groups is 1. The number of carbonyl (C=O) groups excluding carboxylic acids is 1. The third kappa shape index (κ3) is 4.87. The summed E-state index contributed by atoms with van der Waals surface area (Å²) in [5.74, 6) is -0.574. The molecule has 0 unspecified atom stereocenters. The quantitative estimate of drug-likeness (QED) is 0.403. The van der Waals surface area contributed by atoms with Gasteiger partial charge < -0.3 is 0 Å². The van der Waals surface area contributed by atoms with Gasteiger partial charge in [0.05, 0.1) is 11.1 Å². The first-order valence-corrected chi connectivity index (χ1v) is 5.59. The van der Waals surface area contributed by atoms with Crippen LogP contribution in [0.1, 0.15) is 10.4 Å². The number of hydrogen-bond donors (Lipinski definition) is 1. The number of hydrazone groups is 1. The summed E-state index contributed by atoms with van der Waals surface area (Å²) in [7, 11) is 0. The predicted molar refractivity (Wildman–Crippen MR) is 69.3 cm³/mol. The lowest BCUT2D eigenvalue weighted by Crippen LogP contribution is -2.19. The molecule has 1 amide bonds. The maximum Gasteiger partial charge on any atom is 0.271 e. The maximum absolute atomic E-state index is 11.5. The fraction of sp³-hybridized carbons (Fsp3) is 0.111. The van der Waals surface area contributed by atoms with Crippen LogP contribution in [0.5, 0.6) is 0 Å². The Balaban J connectivity index is 2.68. The highest BCUT2D eigenvalue weighted by Crippen LogP contribution is 2.22. The Labute approximate surface area is 117 Å². The van der Waals surface area contributed by atoms with Crippen molar-refractivity contribution in [2.45, 2.75) is 3.79 Å². The van der Waals surface area contributed by atoms with Crippen LogP contribution in [0, 0.1) is 10.1 Å². The molecule has 1 rings (SSSR count). The summed E-state index contributed by atoms with van der Waals surface area (Å²) in [6.45, 7) is 0. The van der Waals surface area contributed by atoms with Crippen molar-refractivity contribution in [2.75, 3.05) is 0 Å². The van der Waals surface area contributed by atoms with E-state index in [1.54, 1.807) is 0 Å². The number of nitrogens with one attached hydrogen (secondary N) is 1. The summed E-state index contributed by atoms with van der Waals surface area (Å²) in [6, 6.07) is 4.98. The van der Waals surface area contributed by atoms with E-state index in [1.807, 2.05) is 0 Å². The predicted octanol–water partition coefficient (Wildman–Crippen LogP) is 2.68. The molecule has 0 bridgehead atoms. The largest absolute Gasteiger partial charge is 0.271 e. The molecule has 6 nitrogen and oxygen atoms in total. The Bertz CT molecular complexity index is 482. The highest BCUT2D eigenvalue weighted by molar-refractivity contribution is 6.74. The van der Waals surface area contributed by atoms with Gasteiger partial charge in [0.25, 0.3) is 11.6 Å². The molecule has 0 saturated heterocycles. The zero-order valence-electron chi connectivity index (χ0n) is 8.64. The maximum atomic E-state index is 11.5. The Hall–Kier alpha value is -1.37. The van der Waals surface area contributed by atoms with Crippen LogP contribution >= 0.6 is 34.8 Å². The van der Waals surface area contributed by atoms with E-state index in [0.717, 1.165) is 6.21 Å². The van der Waals surface area contributed by atoms with Crippen LogP contribution < -0.4 is 5.43 Å². The molecule has 0 radical (unpaired) electrons. The minimum absolute atomic E-state index is 0.114. The van der Waals surface area contributed by atoms with Gasteiger partial charge in [-0.3, -0.25) is 14.9 Å². The number of halogens is 3. The number of benzene rings is 1. The number of nitrogens with zero attached hydrogens (tertiary/aromatic N) is 2. The number of nitro groups is 1. The number of non-ortho nitro benzene ring substituents is 1. The minimum Gasteiger partial charge on any atom is -0.267 e. The number of nitro benzene ring substituents is 1. The summed E-state index contributed by atoms with van der Waals surface area (Å²) in [4.78, 5) is 21.3. The lowest BCUT2D eigenvalue weighted by Gasteiger charge is -2.02. The molecular weight excluding hydrogens is 304 g/mol. The Morgan fingerprint density at radius 1 is 1.33 bits per heavy atom. The first kappa shape index (κ1) is 14.7. The highest BCUT2D eigenvalue weighted by Gasteiger charge is 2.16. The Kier molecular flexibility index (Phi) is 4.89. The van der Waals surface area contributed by atoms with E-state index < -0.39 is 14.6 Å². The van der Waals surface area contributed by atoms with Gasteiger partial charge in [0, 0.05) is 17.7 Å². The lowest BCUT2D eigenvalue weighted by molar-refractivity contribution is -0.384. The van der Waals surface area contributed by atoms with E-state index >= 15 is 0 Å². The minimum atomic E-state index is -1.71. The summed E-state index contributed by atoms with van der Waals surface area (Å²) < 4.78 is -1.71. The van der Waals surface area contributed by atoms with Crippen LogP contribution in [0.15, 0.2) is 29.4 Å². The fourth-order valence-electron chi connectivity index (χ4n) is 0.963. The standard InChI is InChI=1S/C9H6Cl3N3O3/c10-9(11,12)5-13-14-8(16)6-1-3-7(4-2-6)15(17)18/h1-5H,(H,14,16)/b13-5+. The molecule has 0 saturated carbocycles. The summed E-state index contributed by atoms with van der Waals surface area (Å²) in [5.41, 5.74) is 2.19. The molecule has 0 aliphatic rings. The van der Waals surface area contributed by atoms with E-state index in [2.05, 4.69) is 10.5 Å². The molecule has 0 aromatic heterocycles. The van der Waals surface area contributed by atoms with Gasteiger partial charge in [0.2, 0.25) is 3.79 Å². The Morgan fingerprint density at radius 3 is 2.33 bits per heavy atom. The fourth-order valence-corrected chi connectivity index (χ4v) is 1.11. The summed E-state index contributed by atoms with van der Waals surface area (Å²) in [5, 5.41) is 13.8. The molecule has 0 heterocycles.